The van der Waals surface area contributed by atoms with Crippen molar-refractivity contribution in [1.29, 1.82) is 0 Å². The number of benzene rings is 1. The van der Waals surface area contributed by atoms with Gasteiger partial charge in [0, 0.05) is 30.9 Å². The zero-order chi connectivity index (χ0) is 17.9. The van der Waals surface area contributed by atoms with Gasteiger partial charge in [0.2, 0.25) is 5.91 Å². The van der Waals surface area contributed by atoms with E-state index in [0.29, 0.717) is 13.0 Å². The van der Waals surface area contributed by atoms with E-state index in [-0.39, 0.29) is 17.6 Å². The molecular formula is C21H18FN3O. The number of aromatic nitrogens is 2. The van der Waals surface area contributed by atoms with Crippen LogP contribution in [0.3, 0.4) is 0 Å². The number of hydrogen-bond acceptors (Lipinski definition) is 3. The molecule has 0 spiro atoms. The van der Waals surface area contributed by atoms with Crippen LogP contribution in [-0.2, 0) is 4.79 Å². The van der Waals surface area contributed by atoms with E-state index < -0.39 is 0 Å². The number of carbonyl (C=O) groups excluding carboxylic acids is 1. The summed E-state index contributed by atoms with van der Waals surface area (Å²) in [4.78, 5) is 22.9. The van der Waals surface area contributed by atoms with Gasteiger partial charge in [0.25, 0.3) is 0 Å². The molecule has 4 rings (SSSR count). The highest BCUT2D eigenvalue weighted by Crippen LogP contribution is 2.31. The number of hydrogen-bond donors (Lipinski definition) is 0. The van der Waals surface area contributed by atoms with E-state index >= 15 is 0 Å². The fourth-order valence-corrected chi connectivity index (χ4v) is 3.36. The van der Waals surface area contributed by atoms with Crippen molar-refractivity contribution in [2.75, 3.05) is 11.4 Å². The summed E-state index contributed by atoms with van der Waals surface area (Å²) in [5, 5.41) is 0. The van der Waals surface area contributed by atoms with Crippen molar-refractivity contribution in [2.45, 2.75) is 18.8 Å². The van der Waals surface area contributed by atoms with Gasteiger partial charge in [0.15, 0.2) is 0 Å². The molecule has 0 aliphatic carbocycles. The number of pyridine rings is 2. The molecule has 3 aromatic rings. The first-order valence-electron chi connectivity index (χ1n) is 8.63. The van der Waals surface area contributed by atoms with Crippen LogP contribution in [0.5, 0.6) is 0 Å². The lowest BCUT2D eigenvalue weighted by atomic mass is 9.89. The summed E-state index contributed by atoms with van der Waals surface area (Å²) >= 11 is 0. The van der Waals surface area contributed by atoms with Gasteiger partial charge in [-0.1, -0.05) is 12.1 Å². The molecule has 1 fully saturated rings. The quantitative estimate of drug-likeness (QED) is 0.713. The predicted molar refractivity (Wildman–Crippen MR) is 98.2 cm³/mol. The first kappa shape index (κ1) is 16.4. The van der Waals surface area contributed by atoms with Gasteiger partial charge in [0.05, 0.1) is 17.6 Å². The summed E-state index contributed by atoms with van der Waals surface area (Å²) in [5.41, 5.74) is 3.67. The molecule has 3 heterocycles. The maximum atomic E-state index is 13.1. The van der Waals surface area contributed by atoms with Gasteiger partial charge in [-0.3, -0.25) is 14.8 Å². The summed E-state index contributed by atoms with van der Waals surface area (Å²) in [6, 6.07) is 14.1. The molecule has 0 radical (unpaired) electrons. The zero-order valence-electron chi connectivity index (χ0n) is 14.2. The molecule has 1 aliphatic heterocycles. The minimum absolute atomic E-state index is 0.0732. The normalized spacial score (nSPS) is 17.3. The van der Waals surface area contributed by atoms with Crippen molar-refractivity contribution >= 4 is 11.6 Å². The van der Waals surface area contributed by atoms with Crippen LogP contribution in [0.15, 0.2) is 67.1 Å². The molecule has 26 heavy (non-hydrogen) atoms. The number of piperidine rings is 1. The van der Waals surface area contributed by atoms with E-state index in [1.54, 1.807) is 35.6 Å². The van der Waals surface area contributed by atoms with E-state index in [9.17, 15) is 9.18 Å². The van der Waals surface area contributed by atoms with Crippen LogP contribution in [0.4, 0.5) is 10.1 Å². The Morgan fingerprint density at radius 1 is 1.00 bits per heavy atom. The Morgan fingerprint density at radius 2 is 1.77 bits per heavy atom. The number of carbonyl (C=O) groups is 1. The van der Waals surface area contributed by atoms with Crippen LogP contribution >= 0.6 is 0 Å². The Balaban J connectivity index is 1.47. The lowest BCUT2D eigenvalue weighted by molar-refractivity contribution is -0.119. The topological polar surface area (TPSA) is 46.1 Å². The molecular weight excluding hydrogens is 329 g/mol. The molecule has 4 nitrogen and oxygen atoms in total. The molecule has 1 saturated heterocycles. The van der Waals surface area contributed by atoms with Gasteiger partial charge in [0.1, 0.15) is 5.82 Å². The molecule has 1 atom stereocenters. The number of anilines is 1. The third-order valence-corrected chi connectivity index (χ3v) is 4.80. The van der Waals surface area contributed by atoms with Crippen molar-refractivity contribution in [3.8, 4) is 11.3 Å². The van der Waals surface area contributed by atoms with Gasteiger partial charge in [-0.25, -0.2) is 4.39 Å². The van der Waals surface area contributed by atoms with Crippen LogP contribution in [0.25, 0.3) is 11.3 Å². The smallest absolute Gasteiger partial charge is 0.227 e. The second kappa shape index (κ2) is 7.04. The van der Waals surface area contributed by atoms with Gasteiger partial charge in [-0.05, 0) is 54.3 Å². The third kappa shape index (κ3) is 3.33. The third-order valence-electron chi connectivity index (χ3n) is 4.80. The summed E-state index contributed by atoms with van der Waals surface area (Å²) < 4.78 is 13.1. The van der Waals surface area contributed by atoms with Crippen LogP contribution in [0.2, 0.25) is 0 Å². The van der Waals surface area contributed by atoms with Gasteiger partial charge in [-0.15, -0.1) is 0 Å². The molecule has 0 saturated carbocycles. The summed E-state index contributed by atoms with van der Waals surface area (Å²) in [6.07, 6.45) is 6.48. The second-order valence-corrected chi connectivity index (χ2v) is 6.42. The van der Waals surface area contributed by atoms with Gasteiger partial charge >= 0.3 is 0 Å². The standard InChI is InChI=1S/C21H18FN3O/c22-18-3-1-15(2-4-18)17-9-12-25(21(26)13-17)19-5-6-20(24-14-19)16-7-10-23-11-8-16/h1-8,10-11,14,17H,9,12-13H2. The Labute approximate surface area is 151 Å². The van der Waals surface area contributed by atoms with Crippen molar-refractivity contribution in [1.82, 2.24) is 9.97 Å². The minimum Gasteiger partial charge on any atom is -0.311 e. The van der Waals surface area contributed by atoms with E-state index in [4.69, 9.17) is 0 Å². The molecule has 1 unspecified atom stereocenters. The van der Waals surface area contributed by atoms with Crippen molar-refractivity contribution in [3.63, 3.8) is 0 Å². The number of halogens is 1. The maximum Gasteiger partial charge on any atom is 0.227 e. The highest BCUT2D eigenvalue weighted by atomic mass is 19.1. The molecule has 1 aromatic carbocycles. The lowest BCUT2D eigenvalue weighted by Gasteiger charge is -2.31. The minimum atomic E-state index is -0.252. The van der Waals surface area contributed by atoms with E-state index in [1.807, 2.05) is 24.3 Å². The Morgan fingerprint density at radius 3 is 2.42 bits per heavy atom. The molecule has 0 N–H and O–H groups in total. The van der Waals surface area contributed by atoms with Crippen molar-refractivity contribution in [2.24, 2.45) is 0 Å². The molecule has 2 aromatic heterocycles. The summed E-state index contributed by atoms with van der Waals surface area (Å²) in [5.74, 6) is -0.0367. The summed E-state index contributed by atoms with van der Waals surface area (Å²) in [6.45, 7) is 0.636. The highest BCUT2D eigenvalue weighted by molar-refractivity contribution is 5.94. The van der Waals surface area contributed by atoms with Crippen LogP contribution in [0, 0.1) is 5.82 Å². The SMILES string of the molecule is O=C1CC(c2ccc(F)cc2)CCN1c1ccc(-c2ccncc2)nc1. The average molecular weight is 347 g/mol. The molecule has 130 valence electrons. The van der Waals surface area contributed by atoms with Gasteiger partial charge in [-0.2, -0.15) is 0 Å². The molecule has 5 heteroatoms. The maximum absolute atomic E-state index is 13.1. The first-order chi connectivity index (χ1) is 12.7. The van der Waals surface area contributed by atoms with Gasteiger partial charge < -0.3 is 4.90 Å². The number of rotatable bonds is 3. The largest absolute Gasteiger partial charge is 0.311 e. The lowest BCUT2D eigenvalue weighted by Crippen LogP contribution is -2.38. The van der Waals surface area contributed by atoms with Crippen LogP contribution < -0.4 is 4.90 Å². The van der Waals surface area contributed by atoms with Crippen molar-refractivity contribution < 1.29 is 9.18 Å². The van der Waals surface area contributed by atoms with Crippen LogP contribution in [0.1, 0.15) is 24.3 Å². The van der Waals surface area contributed by atoms with Crippen molar-refractivity contribution in [3.05, 3.63) is 78.5 Å². The fourth-order valence-electron chi connectivity index (χ4n) is 3.36. The zero-order valence-corrected chi connectivity index (χ0v) is 14.2. The Bertz CT molecular complexity index is 895. The monoisotopic (exact) mass is 347 g/mol. The number of amides is 1. The number of nitrogens with zero attached hydrogens (tertiary/aromatic N) is 3. The molecule has 0 bridgehead atoms. The predicted octanol–water partition coefficient (Wildman–Crippen LogP) is 4.19. The van der Waals surface area contributed by atoms with Crippen LogP contribution in [-0.4, -0.2) is 22.4 Å². The summed E-state index contributed by atoms with van der Waals surface area (Å²) in [7, 11) is 0. The Kier molecular flexibility index (Phi) is 4.44. The molecule has 1 aliphatic rings. The Hall–Kier alpha value is -3.08. The average Bonchev–Trinajstić information content (AvgIpc) is 2.69. The molecule has 1 amide bonds. The van der Waals surface area contributed by atoms with E-state index in [2.05, 4.69) is 9.97 Å². The van der Waals surface area contributed by atoms with E-state index in [0.717, 1.165) is 28.9 Å². The first-order valence-corrected chi connectivity index (χ1v) is 8.63. The highest BCUT2D eigenvalue weighted by Gasteiger charge is 2.28. The second-order valence-electron chi connectivity index (χ2n) is 6.42. The van der Waals surface area contributed by atoms with E-state index in [1.165, 1.54) is 12.1 Å². The fraction of sp³-hybridized carbons (Fsp3) is 0.190.